The van der Waals surface area contributed by atoms with Crippen molar-refractivity contribution in [1.29, 1.82) is 0 Å². The number of aryl methyl sites for hydroxylation is 1. The van der Waals surface area contributed by atoms with E-state index in [0.717, 1.165) is 49.9 Å². The molecule has 3 heterocycles. The minimum atomic E-state index is -0.353. The molecule has 7 rings (SSSR count). The van der Waals surface area contributed by atoms with Gasteiger partial charge in [0.2, 0.25) is 0 Å². The van der Waals surface area contributed by atoms with E-state index in [1.165, 1.54) is 0 Å². The van der Waals surface area contributed by atoms with Crippen LogP contribution in [0.5, 0.6) is 0 Å². The van der Waals surface area contributed by atoms with Crippen molar-refractivity contribution in [3.8, 4) is 5.69 Å². The number of ether oxygens (including phenoxy) is 1. The predicted octanol–water partition coefficient (Wildman–Crippen LogP) is 7.92. The fourth-order valence-corrected chi connectivity index (χ4v) is 6.08. The van der Waals surface area contributed by atoms with E-state index in [-0.39, 0.29) is 12.0 Å². The number of amidine groups is 2. The molecule has 0 saturated heterocycles. The van der Waals surface area contributed by atoms with Gasteiger partial charge in [0.1, 0.15) is 0 Å². The summed E-state index contributed by atoms with van der Waals surface area (Å²) >= 11 is 3.84. The number of benzene rings is 4. The Morgan fingerprint density at radius 3 is 2.40 bits per heavy atom. The van der Waals surface area contributed by atoms with Gasteiger partial charge >= 0.3 is 5.97 Å². The number of carbonyl (C=O) groups is 1. The molecule has 0 bridgehead atoms. The molecule has 1 N–H and O–H groups in total. The summed E-state index contributed by atoms with van der Waals surface area (Å²) in [6.45, 7) is 4.16. The lowest BCUT2D eigenvalue weighted by atomic mass is 9.93. The van der Waals surface area contributed by atoms with Crippen LogP contribution in [-0.2, 0) is 4.74 Å². The van der Waals surface area contributed by atoms with Crippen LogP contribution in [0.15, 0.2) is 118 Å². The highest BCUT2D eigenvalue weighted by Gasteiger charge is 2.42. The number of rotatable bonds is 5. The van der Waals surface area contributed by atoms with Gasteiger partial charge in [-0.2, -0.15) is 5.10 Å². The highest BCUT2D eigenvalue weighted by molar-refractivity contribution is 9.10. The van der Waals surface area contributed by atoms with Crippen LogP contribution in [0.1, 0.15) is 40.1 Å². The minimum absolute atomic E-state index is 0.241. The van der Waals surface area contributed by atoms with Gasteiger partial charge in [-0.05, 0) is 74.0 Å². The fourth-order valence-electron chi connectivity index (χ4n) is 5.58. The SMILES string of the molecule is CCOC(=O)c1ccc(NC2=Nc3ccccc3N3C2=Nc2c(c(C)nn2-c2ccccc2)C3c2ccccc2Br)cc1. The van der Waals surface area contributed by atoms with Crippen molar-refractivity contribution in [2.75, 3.05) is 16.8 Å². The van der Waals surface area contributed by atoms with E-state index in [1.807, 2.05) is 78.3 Å². The van der Waals surface area contributed by atoms with Gasteiger partial charge in [-0.25, -0.2) is 19.5 Å². The molecule has 5 aromatic rings. The van der Waals surface area contributed by atoms with Gasteiger partial charge in [-0.1, -0.05) is 64.5 Å². The lowest BCUT2D eigenvalue weighted by Gasteiger charge is -2.41. The average molecular weight is 632 g/mol. The smallest absolute Gasteiger partial charge is 0.338 e. The standard InChI is InChI=1S/C34H27BrN6O2/c1-3-43-34(42)22-17-19-23(20-18-22)36-31-33-38-32-29(21(2)39-41(32)24-11-5-4-6-12-24)30(25-13-7-8-14-26(25)35)40(33)28-16-10-9-15-27(28)37-31/h4-20,30H,3H2,1-2H3,(H,36,37). The summed E-state index contributed by atoms with van der Waals surface area (Å²) in [5.74, 6) is 1.65. The second-order valence-electron chi connectivity index (χ2n) is 10.2. The molecule has 2 aliphatic heterocycles. The quantitative estimate of drug-likeness (QED) is 0.199. The van der Waals surface area contributed by atoms with Crippen molar-refractivity contribution in [3.05, 3.63) is 130 Å². The first-order valence-corrected chi connectivity index (χ1v) is 14.8. The van der Waals surface area contributed by atoms with E-state index in [1.54, 1.807) is 19.1 Å². The maximum Gasteiger partial charge on any atom is 0.338 e. The second kappa shape index (κ2) is 11.0. The number of nitrogens with one attached hydrogen (secondary N) is 1. The average Bonchev–Trinajstić information content (AvgIpc) is 3.37. The van der Waals surface area contributed by atoms with Crippen LogP contribution >= 0.6 is 15.9 Å². The van der Waals surface area contributed by atoms with E-state index in [0.29, 0.717) is 23.8 Å². The van der Waals surface area contributed by atoms with Gasteiger partial charge in [0.15, 0.2) is 17.5 Å². The van der Waals surface area contributed by atoms with E-state index in [9.17, 15) is 4.79 Å². The van der Waals surface area contributed by atoms with E-state index < -0.39 is 0 Å². The molecular formula is C34H27BrN6O2. The number of nitrogens with zero attached hydrogens (tertiary/aromatic N) is 5. The number of aromatic nitrogens is 2. The van der Waals surface area contributed by atoms with Crippen LogP contribution in [-0.4, -0.2) is 34.0 Å². The Morgan fingerprint density at radius 1 is 0.907 bits per heavy atom. The summed E-state index contributed by atoms with van der Waals surface area (Å²) in [5, 5.41) is 8.48. The number of hydrogen-bond acceptors (Lipinski definition) is 7. The first-order chi connectivity index (χ1) is 21.0. The van der Waals surface area contributed by atoms with Crippen molar-refractivity contribution in [2.45, 2.75) is 19.9 Å². The summed E-state index contributed by atoms with van der Waals surface area (Å²) in [6, 6.07) is 33.3. The Morgan fingerprint density at radius 2 is 1.63 bits per heavy atom. The van der Waals surface area contributed by atoms with E-state index in [4.69, 9.17) is 19.8 Å². The molecule has 1 aromatic heterocycles. The van der Waals surface area contributed by atoms with Crippen LogP contribution < -0.4 is 10.2 Å². The Balaban J connectivity index is 1.42. The van der Waals surface area contributed by atoms with Crippen molar-refractivity contribution in [2.24, 2.45) is 9.98 Å². The Kier molecular flexibility index (Phi) is 6.87. The third-order valence-corrected chi connectivity index (χ3v) is 8.22. The molecule has 212 valence electrons. The maximum atomic E-state index is 12.2. The number of aliphatic imine (C=N–C) groups is 2. The Labute approximate surface area is 257 Å². The lowest BCUT2D eigenvalue weighted by molar-refractivity contribution is 0.0526. The molecule has 0 fully saturated rings. The molecule has 8 nitrogen and oxygen atoms in total. The van der Waals surface area contributed by atoms with Gasteiger partial charge in [0.05, 0.1) is 41.0 Å². The zero-order valence-corrected chi connectivity index (χ0v) is 25.1. The first-order valence-electron chi connectivity index (χ1n) is 14.0. The number of anilines is 2. The fraction of sp³-hybridized carbons (Fsp3) is 0.118. The molecule has 0 radical (unpaired) electrons. The molecule has 4 aromatic carbocycles. The maximum absolute atomic E-state index is 12.2. The van der Waals surface area contributed by atoms with Crippen LogP contribution in [0.4, 0.5) is 22.9 Å². The summed E-state index contributed by atoms with van der Waals surface area (Å²) in [6.07, 6.45) is 0. The topological polar surface area (TPSA) is 84.1 Å². The van der Waals surface area contributed by atoms with Crippen molar-refractivity contribution in [3.63, 3.8) is 0 Å². The number of esters is 1. The molecular weight excluding hydrogens is 604 g/mol. The summed E-state index contributed by atoms with van der Waals surface area (Å²) < 4.78 is 8.05. The van der Waals surface area contributed by atoms with Crippen molar-refractivity contribution >= 4 is 56.5 Å². The zero-order chi connectivity index (χ0) is 29.5. The molecule has 0 saturated carbocycles. The van der Waals surface area contributed by atoms with E-state index in [2.05, 4.69) is 50.4 Å². The summed E-state index contributed by atoms with van der Waals surface area (Å²) in [4.78, 5) is 24.8. The predicted molar refractivity (Wildman–Crippen MR) is 173 cm³/mol. The summed E-state index contributed by atoms with van der Waals surface area (Å²) in [7, 11) is 0. The molecule has 1 atom stereocenters. The molecule has 0 spiro atoms. The van der Waals surface area contributed by atoms with E-state index >= 15 is 0 Å². The monoisotopic (exact) mass is 630 g/mol. The Hall–Kier alpha value is -5.02. The van der Waals surface area contributed by atoms with Crippen LogP contribution in [0, 0.1) is 6.92 Å². The molecule has 9 heteroatoms. The van der Waals surface area contributed by atoms with Crippen LogP contribution in [0.2, 0.25) is 0 Å². The highest BCUT2D eigenvalue weighted by Crippen LogP contribution is 2.49. The first kappa shape index (κ1) is 26.9. The van der Waals surface area contributed by atoms with Crippen molar-refractivity contribution in [1.82, 2.24) is 9.78 Å². The summed E-state index contributed by atoms with van der Waals surface area (Å²) in [5.41, 5.74) is 6.95. The highest BCUT2D eigenvalue weighted by atomic mass is 79.9. The Bertz CT molecular complexity index is 1910. The third kappa shape index (κ3) is 4.71. The second-order valence-corrected chi connectivity index (χ2v) is 11.0. The lowest BCUT2D eigenvalue weighted by Crippen LogP contribution is -2.46. The number of halogens is 1. The molecule has 43 heavy (non-hydrogen) atoms. The number of hydrogen-bond donors (Lipinski definition) is 1. The van der Waals surface area contributed by atoms with Crippen LogP contribution in [0.3, 0.4) is 0 Å². The van der Waals surface area contributed by atoms with Gasteiger partial charge < -0.3 is 15.0 Å². The van der Waals surface area contributed by atoms with Gasteiger partial charge in [0.25, 0.3) is 0 Å². The molecule has 2 aliphatic rings. The molecule has 1 unspecified atom stereocenters. The largest absolute Gasteiger partial charge is 0.462 e. The number of carbonyl (C=O) groups excluding carboxylic acids is 1. The minimum Gasteiger partial charge on any atom is -0.462 e. The number of fused-ring (bicyclic) bond motifs is 4. The van der Waals surface area contributed by atoms with Crippen LogP contribution in [0.25, 0.3) is 5.69 Å². The van der Waals surface area contributed by atoms with Gasteiger partial charge in [-0.3, -0.25) is 0 Å². The van der Waals surface area contributed by atoms with Crippen molar-refractivity contribution < 1.29 is 9.53 Å². The van der Waals surface area contributed by atoms with Gasteiger partial charge in [-0.15, -0.1) is 0 Å². The number of para-hydroxylation sites is 3. The normalized spacial score (nSPS) is 15.0. The molecule has 0 amide bonds. The van der Waals surface area contributed by atoms with Gasteiger partial charge in [0, 0.05) is 15.7 Å². The third-order valence-electron chi connectivity index (χ3n) is 7.50. The zero-order valence-electron chi connectivity index (χ0n) is 23.5. The molecule has 0 aliphatic carbocycles.